The fraction of sp³-hybridized carbons (Fsp3) is 0.316. The molecule has 3 rings (SSSR count). The van der Waals surface area contributed by atoms with Crippen molar-refractivity contribution in [1.82, 2.24) is 4.72 Å². The van der Waals surface area contributed by atoms with Gasteiger partial charge in [0, 0.05) is 12.2 Å². The maximum absolute atomic E-state index is 12.6. The summed E-state index contributed by atoms with van der Waals surface area (Å²) in [7, 11) is -3.64. The van der Waals surface area contributed by atoms with Gasteiger partial charge in [-0.25, -0.2) is 13.1 Å². The minimum absolute atomic E-state index is 0.0646. The molecule has 2 aromatic rings. The van der Waals surface area contributed by atoms with Crippen LogP contribution in [0, 0.1) is 13.8 Å². The number of anilines is 1. The molecule has 1 fully saturated rings. The van der Waals surface area contributed by atoms with Crippen LogP contribution in [0.1, 0.15) is 11.1 Å². The molecule has 1 atom stereocenters. The Morgan fingerprint density at radius 2 is 1.88 bits per heavy atom. The molecular weight excluding hydrogens is 352 g/mol. The standard InChI is InChI=1S/C19H22N2O4S/c1-14-8-9-18(15(2)10-14)26(23,24)20-11-17-12-21(19(22)13-25-17)16-6-4-3-5-7-16/h3-10,17,20H,11-13H2,1-2H3. The molecule has 0 bridgehead atoms. The molecule has 0 saturated carbocycles. The van der Waals surface area contributed by atoms with Gasteiger partial charge in [-0.1, -0.05) is 35.9 Å². The lowest BCUT2D eigenvalue weighted by atomic mass is 10.2. The number of para-hydroxylation sites is 1. The number of aryl methyl sites for hydroxylation is 2. The maximum atomic E-state index is 12.6. The van der Waals surface area contributed by atoms with Gasteiger partial charge in [-0.2, -0.15) is 0 Å². The SMILES string of the molecule is Cc1ccc(S(=O)(=O)NCC2CN(c3ccccc3)C(=O)CO2)c(C)c1. The second-order valence-corrected chi connectivity index (χ2v) is 8.13. The van der Waals surface area contributed by atoms with Crippen molar-refractivity contribution in [2.75, 3.05) is 24.6 Å². The predicted octanol–water partition coefficient (Wildman–Crippen LogP) is 2.01. The van der Waals surface area contributed by atoms with Crippen LogP contribution in [0.15, 0.2) is 53.4 Å². The van der Waals surface area contributed by atoms with E-state index in [1.54, 1.807) is 24.0 Å². The average Bonchev–Trinajstić information content (AvgIpc) is 2.61. The van der Waals surface area contributed by atoms with Gasteiger partial charge >= 0.3 is 0 Å². The smallest absolute Gasteiger partial charge is 0.253 e. The highest BCUT2D eigenvalue weighted by atomic mass is 32.2. The Labute approximate surface area is 153 Å². The fourth-order valence-corrected chi connectivity index (χ4v) is 4.28. The molecule has 0 aromatic heterocycles. The van der Waals surface area contributed by atoms with E-state index in [0.29, 0.717) is 12.1 Å². The second kappa shape index (κ2) is 7.57. The molecule has 1 N–H and O–H groups in total. The van der Waals surface area contributed by atoms with Crippen LogP contribution in [0.3, 0.4) is 0 Å². The molecule has 1 amide bonds. The molecule has 1 saturated heterocycles. The van der Waals surface area contributed by atoms with Gasteiger partial charge in [0.15, 0.2) is 0 Å². The number of sulfonamides is 1. The van der Waals surface area contributed by atoms with E-state index in [4.69, 9.17) is 4.74 Å². The Balaban J connectivity index is 1.68. The van der Waals surface area contributed by atoms with Gasteiger partial charge in [-0.15, -0.1) is 0 Å². The van der Waals surface area contributed by atoms with E-state index in [2.05, 4.69) is 4.72 Å². The minimum Gasteiger partial charge on any atom is -0.365 e. The zero-order valence-corrected chi connectivity index (χ0v) is 15.6. The summed E-state index contributed by atoms with van der Waals surface area (Å²) >= 11 is 0. The normalized spacial score (nSPS) is 18.2. The number of rotatable bonds is 5. The lowest BCUT2D eigenvalue weighted by Gasteiger charge is -2.32. The molecule has 0 radical (unpaired) electrons. The first-order valence-electron chi connectivity index (χ1n) is 8.41. The lowest BCUT2D eigenvalue weighted by Crippen LogP contribution is -2.50. The lowest BCUT2D eigenvalue weighted by molar-refractivity contribution is -0.129. The van der Waals surface area contributed by atoms with Crippen molar-refractivity contribution in [3.63, 3.8) is 0 Å². The largest absolute Gasteiger partial charge is 0.365 e. The summed E-state index contributed by atoms with van der Waals surface area (Å²) in [5.41, 5.74) is 2.49. The Morgan fingerprint density at radius 3 is 2.58 bits per heavy atom. The van der Waals surface area contributed by atoms with E-state index in [9.17, 15) is 13.2 Å². The van der Waals surface area contributed by atoms with Crippen LogP contribution in [0.25, 0.3) is 0 Å². The average molecular weight is 374 g/mol. The van der Waals surface area contributed by atoms with Crippen molar-refractivity contribution >= 4 is 21.6 Å². The number of benzene rings is 2. The topological polar surface area (TPSA) is 75.7 Å². The van der Waals surface area contributed by atoms with Crippen LogP contribution in [-0.4, -0.2) is 40.1 Å². The van der Waals surface area contributed by atoms with Gasteiger partial charge < -0.3 is 9.64 Å². The number of ether oxygens (including phenoxy) is 1. The van der Waals surface area contributed by atoms with Crippen LogP contribution in [0.2, 0.25) is 0 Å². The molecule has 0 aliphatic carbocycles. The molecule has 1 aliphatic heterocycles. The van der Waals surface area contributed by atoms with Crippen molar-refractivity contribution in [2.24, 2.45) is 0 Å². The first-order valence-corrected chi connectivity index (χ1v) is 9.89. The number of hydrogen-bond donors (Lipinski definition) is 1. The number of nitrogens with one attached hydrogen (secondary N) is 1. The van der Waals surface area contributed by atoms with Gasteiger partial charge in [-0.05, 0) is 37.6 Å². The fourth-order valence-electron chi connectivity index (χ4n) is 2.99. The van der Waals surface area contributed by atoms with Crippen molar-refractivity contribution in [1.29, 1.82) is 0 Å². The highest BCUT2D eigenvalue weighted by Gasteiger charge is 2.28. The number of carbonyl (C=O) groups excluding carboxylic acids is 1. The molecule has 2 aromatic carbocycles. The Bertz CT molecular complexity index is 897. The molecular formula is C19H22N2O4S. The number of nitrogens with zero attached hydrogens (tertiary/aromatic N) is 1. The highest BCUT2D eigenvalue weighted by Crippen LogP contribution is 2.19. The van der Waals surface area contributed by atoms with E-state index < -0.39 is 16.1 Å². The first kappa shape index (κ1) is 18.6. The summed E-state index contributed by atoms with van der Waals surface area (Å²) in [6.45, 7) is 4.03. The molecule has 138 valence electrons. The third kappa shape index (κ3) is 4.12. The zero-order valence-electron chi connectivity index (χ0n) is 14.8. The third-order valence-corrected chi connectivity index (χ3v) is 5.90. The molecule has 0 spiro atoms. The summed E-state index contributed by atoms with van der Waals surface area (Å²) in [6, 6.07) is 14.5. The quantitative estimate of drug-likeness (QED) is 0.869. The monoisotopic (exact) mass is 374 g/mol. The van der Waals surface area contributed by atoms with Gasteiger partial charge in [-0.3, -0.25) is 4.79 Å². The second-order valence-electron chi connectivity index (χ2n) is 6.39. The van der Waals surface area contributed by atoms with Crippen LogP contribution in [0.5, 0.6) is 0 Å². The summed E-state index contributed by atoms with van der Waals surface area (Å²) in [6.07, 6.45) is -0.409. The third-order valence-electron chi connectivity index (χ3n) is 4.32. The van der Waals surface area contributed by atoms with Crippen molar-refractivity contribution in [2.45, 2.75) is 24.8 Å². The van der Waals surface area contributed by atoms with Crippen LogP contribution in [0.4, 0.5) is 5.69 Å². The van der Waals surface area contributed by atoms with Gasteiger partial charge in [0.2, 0.25) is 10.0 Å². The molecule has 6 nitrogen and oxygen atoms in total. The van der Waals surface area contributed by atoms with E-state index in [-0.39, 0.29) is 24.0 Å². The number of morpholine rings is 1. The molecule has 7 heteroatoms. The van der Waals surface area contributed by atoms with Crippen LogP contribution in [-0.2, 0) is 19.6 Å². The van der Waals surface area contributed by atoms with Gasteiger partial charge in [0.1, 0.15) is 6.61 Å². The molecule has 1 unspecified atom stereocenters. The Morgan fingerprint density at radius 1 is 1.15 bits per heavy atom. The van der Waals surface area contributed by atoms with Crippen LogP contribution < -0.4 is 9.62 Å². The number of hydrogen-bond acceptors (Lipinski definition) is 4. The van der Waals surface area contributed by atoms with E-state index in [1.807, 2.05) is 43.3 Å². The van der Waals surface area contributed by atoms with E-state index >= 15 is 0 Å². The van der Waals surface area contributed by atoms with Crippen molar-refractivity contribution < 1.29 is 17.9 Å². The number of amides is 1. The van der Waals surface area contributed by atoms with Crippen molar-refractivity contribution in [3.05, 3.63) is 59.7 Å². The zero-order chi connectivity index (χ0) is 18.7. The van der Waals surface area contributed by atoms with E-state index in [1.165, 1.54) is 0 Å². The minimum atomic E-state index is -3.64. The Kier molecular flexibility index (Phi) is 5.41. The molecule has 1 heterocycles. The van der Waals surface area contributed by atoms with Crippen LogP contribution >= 0.6 is 0 Å². The summed E-state index contributed by atoms with van der Waals surface area (Å²) in [5, 5.41) is 0. The first-order chi connectivity index (χ1) is 12.4. The maximum Gasteiger partial charge on any atom is 0.253 e. The highest BCUT2D eigenvalue weighted by molar-refractivity contribution is 7.89. The summed E-state index contributed by atoms with van der Waals surface area (Å²) in [4.78, 5) is 14.0. The number of carbonyl (C=O) groups is 1. The summed E-state index contributed by atoms with van der Waals surface area (Å²) < 4.78 is 33.3. The summed E-state index contributed by atoms with van der Waals surface area (Å²) in [5.74, 6) is -0.135. The molecule has 1 aliphatic rings. The van der Waals surface area contributed by atoms with Gasteiger partial charge in [0.25, 0.3) is 5.91 Å². The van der Waals surface area contributed by atoms with Crippen molar-refractivity contribution in [3.8, 4) is 0 Å². The van der Waals surface area contributed by atoms with E-state index in [0.717, 1.165) is 11.3 Å². The Hall–Kier alpha value is -2.22. The predicted molar refractivity (Wildman–Crippen MR) is 99.6 cm³/mol. The van der Waals surface area contributed by atoms with Gasteiger partial charge in [0.05, 0.1) is 17.5 Å². The molecule has 26 heavy (non-hydrogen) atoms.